The van der Waals surface area contributed by atoms with Gasteiger partial charge in [-0.15, -0.1) is 5.11 Å². The van der Waals surface area contributed by atoms with Gasteiger partial charge >= 0.3 is 0 Å². The molecule has 1 N–H and O–H groups in total. The van der Waals surface area contributed by atoms with Crippen molar-refractivity contribution in [2.75, 3.05) is 0 Å². The van der Waals surface area contributed by atoms with Crippen LogP contribution in [-0.2, 0) is 0 Å². The molecule has 0 aliphatic carbocycles. The Morgan fingerprint density at radius 1 is 1.58 bits per heavy atom. The fourth-order valence-electron chi connectivity index (χ4n) is 1.07. The van der Waals surface area contributed by atoms with Crippen molar-refractivity contribution < 1.29 is 0 Å². The van der Waals surface area contributed by atoms with E-state index in [1.54, 1.807) is 6.20 Å². The topological polar surface area (TPSA) is 53.4 Å². The second-order valence-electron chi connectivity index (χ2n) is 2.53. The highest BCUT2D eigenvalue weighted by atomic mass is 35.5. The normalized spacial score (nSPS) is 22.4. The molecule has 12 heavy (non-hydrogen) atoms. The van der Waals surface area contributed by atoms with Crippen LogP contribution >= 0.6 is 11.6 Å². The lowest BCUT2D eigenvalue weighted by molar-refractivity contribution is 0.675. The fraction of sp³-hybridized carbons (Fsp3) is 0.286. The molecule has 0 saturated heterocycles. The quantitative estimate of drug-likeness (QED) is 0.667. The zero-order valence-corrected chi connectivity index (χ0v) is 6.99. The number of aromatic amines is 1. The van der Waals surface area contributed by atoms with Crippen molar-refractivity contribution in [1.82, 2.24) is 10.2 Å². The molecule has 0 radical (unpaired) electrons. The second-order valence-corrected chi connectivity index (χ2v) is 2.91. The van der Waals surface area contributed by atoms with Crippen molar-refractivity contribution in [3.8, 4) is 0 Å². The van der Waals surface area contributed by atoms with Gasteiger partial charge in [-0.25, -0.2) is 0 Å². The Balaban J connectivity index is 2.15. The molecule has 2 heterocycles. The maximum absolute atomic E-state index is 5.62. The summed E-state index contributed by atoms with van der Waals surface area (Å²) in [5, 5.41) is 14.8. The first-order valence-electron chi connectivity index (χ1n) is 3.61. The van der Waals surface area contributed by atoms with Crippen molar-refractivity contribution in [3.63, 3.8) is 0 Å². The van der Waals surface area contributed by atoms with Gasteiger partial charge in [-0.05, 0) is 12.5 Å². The number of H-pyrrole nitrogens is 1. The molecular weight excluding hydrogens is 176 g/mol. The first-order valence-corrected chi connectivity index (χ1v) is 3.99. The van der Waals surface area contributed by atoms with Crippen LogP contribution in [0.25, 0.3) is 0 Å². The summed E-state index contributed by atoms with van der Waals surface area (Å²) < 4.78 is 0. The second kappa shape index (κ2) is 3.06. The fourth-order valence-corrected chi connectivity index (χ4v) is 1.20. The molecule has 0 bridgehead atoms. The summed E-state index contributed by atoms with van der Waals surface area (Å²) in [7, 11) is 0. The van der Waals surface area contributed by atoms with E-state index in [-0.39, 0.29) is 6.04 Å². The number of hydrogen-bond donors (Lipinski definition) is 1. The molecule has 0 spiro atoms. The molecule has 0 saturated carbocycles. The lowest BCUT2D eigenvalue weighted by Gasteiger charge is -2.08. The average molecular weight is 183 g/mol. The molecule has 1 atom stereocenters. The van der Waals surface area contributed by atoms with Gasteiger partial charge in [-0.3, -0.25) is 5.10 Å². The average Bonchev–Trinajstić information content (AvgIpc) is 2.58. The molecule has 2 rings (SSSR count). The van der Waals surface area contributed by atoms with Crippen LogP contribution in [0.3, 0.4) is 0 Å². The Kier molecular flexibility index (Phi) is 1.91. The van der Waals surface area contributed by atoms with Crippen LogP contribution in [0.15, 0.2) is 33.9 Å². The van der Waals surface area contributed by atoms with Gasteiger partial charge in [-0.2, -0.15) is 10.2 Å². The molecule has 1 aliphatic rings. The molecule has 0 aromatic carbocycles. The molecule has 0 fully saturated rings. The van der Waals surface area contributed by atoms with Crippen LogP contribution in [0.1, 0.15) is 18.0 Å². The Bertz CT molecular complexity index is 314. The van der Waals surface area contributed by atoms with E-state index in [0.717, 1.165) is 12.0 Å². The van der Waals surface area contributed by atoms with Gasteiger partial charge in [0.2, 0.25) is 0 Å². The Morgan fingerprint density at radius 3 is 3.08 bits per heavy atom. The molecule has 62 valence electrons. The lowest BCUT2D eigenvalue weighted by Crippen LogP contribution is -1.94. The monoisotopic (exact) mass is 182 g/mol. The van der Waals surface area contributed by atoms with Crippen LogP contribution in [0.5, 0.6) is 0 Å². The SMILES string of the molecule is ClC1=CCC(c2cn[nH]c2)N=N1. The standard InChI is InChI=1S/C7H7ClN4/c8-7-2-1-6(11-12-7)5-3-9-10-4-5/h2-4,6H,1H2,(H,9,10). The third-order valence-electron chi connectivity index (χ3n) is 1.71. The molecule has 5 heteroatoms. The maximum Gasteiger partial charge on any atom is 0.147 e. The van der Waals surface area contributed by atoms with Gasteiger partial charge in [0.25, 0.3) is 0 Å². The summed E-state index contributed by atoms with van der Waals surface area (Å²) in [5.41, 5.74) is 1.04. The number of aromatic nitrogens is 2. The minimum atomic E-state index is 0.0752. The molecule has 1 unspecified atom stereocenters. The summed E-state index contributed by atoms with van der Waals surface area (Å²) >= 11 is 5.62. The Morgan fingerprint density at radius 2 is 2.50 bits per heavy atom. The zero-order valence-electron chi connectivity index (χ0n) is 6.24. The molecule has 1 aromatic heterocycles. The van der Waals surface area contributed by atoms with Crippen molar-refractivity contribution in [2.24, 2.45) is 10.2 Å². The van der Waals surface area contributed by atoms with Gasteiger partial charge in [0.1, 0.15) is 11.2 Å². The summed E-state index contributed by atoms with van der Waals surface area (Å²) in [6, 6.07) is 0.0752. The van der Waals surface area contributed by atoms with E-state index < -0.39 is 0 Å². The first kappa shape index (κ1) is 7.49. The van der Waals surface area contributed by atoms with Gasteiger partial charge in [-0.1, -0.05) is 11.6 Å². The van der Waals surface area contributed by atoms with E-state index in [9.17, 15) is 0 Å². The highest BCUT2D eigenvalue weighted by Crippen LogP contribution is 2.27. The minimum absolute atomic E-state index is 0.0752. The van der Waals surface area contributed by atoms with Gasteiger partial charge in [0, 0.05) is 11.8 Å². The van der Waals surface area contributed by atoms with Gasteiger partial charge in [0.05, 0.1) is 6.20 Å². The van der Waals surface area contributed by atoms with E-state index >= 15 is 0 Å². The number of azo groups is 1. The number of rotatable bonds is 1. The molecule has 1 aliphatic heterocycles. The van der Waals surface area contributed by atoms with Crippen molar-refractivity contribution in [3.05, 3.63) is 29.2 Å². The predicted molar refractivity (Wildman–Crippen MR) is 44.7 cm³/mol. The van der Waals surface area contributed by atoms with E-state index in [1.165, 1.54) is 0 Å². The number of hydrogen-bond acceptors (Lipinski definition) is 3. The van der Waals surface area contributed by atoms with E-state index in [2.05, 4.69) is 20.4 Å². The Labute approximate surface area is 74.3 Å². The lowest BCUT2D eigenvalue weighted by atomic mass is 10.1. The van der Waals surface area contributed by atoms with Crippen molar-refractivity contribution >= 4 is 11.6 Å². The summed E-state index contributed by atoms with van der Waals surface area (Å²) in [6.07, 6.45) is 6.21. The zero-order chi connectivity index (χ0) is 8.39. The van der Waals surface area contributed by atoms with E-state index in [0.29, 0.717) is 5.16 Å². The first-order chi connectivity index (χ1) is 5.86. The van der Waals surface area contributed by atoms with Crippen LogP contribution in [0.2, 0.25) is 0 Å². The molecule has 4 nitrogen and oxygen atoms in total. The smallest absolute Gasteiger partial charge is 0.147 e. The van der Waals surface area contributed by atoms with Crippen LogP contribution in [0, 0.1) is 0 Å². The largest absolute Gasteiger partial charge is 0.285 e. The third-order valence-corrected chi connectivity index (χ3v) is 1.94. The van der Waals surface area contributed by atoms with Crippen molar-refractivity contribution in [2.45, 2.75) is 12.5 Å². The number of nitrogens with one attached hydrogen (secondary N) is 1. The summed E-state index contributed by atoms with van der Waals surface area (Å²) in [4.78, 5) is 0. The molecular formula is C7H7ClN4. The summed E-state index contributed by atoms with van der Waals surface area (Å²) in [6.45, 7) is 0. The van der Waals surface area contributed by atoms with Gasteiger partial charge < -0.3 is 0 Å². The number of nitrogens with zero attached hydrogens (tertiary/aromatic N) is 3. The third kappa shape index (κ3) is 1.38. The van der Waals surface area contributed by atoms with Gasteiger partial charge in [0.15, 0.2) is 0 Å². The molecule has 1 aromatic rings. The molecule has 0 amide bonds. The maximum atomic E-state index is 5.62. The number of halogens is 1. The van der Waals surface area contributed by atoms with Crippen LogP contribution in [-0.4, -0.2) is 10.2 Å². The highest BCUT2D eigenvalue weighted by molar-refractivity contribution is 6.29. The van der Waals surface area contributed by atoms with Crippen molar-refractivity contribution in [1.29, 1.82) is 0 Å². The van der Waals surface area contributed by atoms with Crippen LogP contribution in [0.4, 0.5) is 0 Å². The Hall–Kier alpha value is -1.16. The predicted octanol–water partition coefficient (Wildman–Crippen LogP) is 2.39. The van der Waals surface area contributed by atoms with E-state index in [4.69, 9.17) is 11.6 Å². The van der Waals surface area contributed by atoms with E-state index in [1.807, 2.05) is 12.3 Å². The minimum Gasteiger partial charge on any atom is -0.285 e. The van der Waals surface area contributed by atoms with Crippen LogP contribution < -0.4 is 0 Å². The summed E-state index contributed by atoms with van der Waals surface area (Å²) in [5.74, 6) is 0. The highest BCUT2D eigenvalue weighted by Gasteiger charge is 2.13.